The number of carbonyl (C=O) groups excluding carboxylic acids is 1. The predicted octanol–water partition coefficient (Wildman–Crippen LogP) is 6.84. The quantitative estimate of drug-likeness (QED) is 0.263. The Morgan fingerprint density at radius 2 is 1.66 bits per heavy atom. The van der Waals surface area contributed by atoms with Crippen LogP contribution in [0.4, 0.5) is 5.82 Å². The molecule has 5 rings (SSSR count). The number of nitrogens with zero attached hydrogens (tertiary/aromatic N) is 2. The molecule has 1 amide bonds. The van der Waals surface area contributed by atoms with Crippen molar-refractivity contribution >= 4 is 23.5 Å². The Labute approximate surface area is 209 Å². The van der Waals surface area contributed by atoms with Gasteiger partial charge in [-0.25, -0.2) is 4.68 Å². The SMILES string of the molecule is CCCCOc1ccc(C(=O)Nc2c3c(nn2-c2ccc(Oc4ccccc4)cc2)CSC3)cc1. The minimum absolute atomic E-state index is 0.171. The molecule has 0 unspecified atom stereocenters. The predicted molar refractivity (Wildman–Crippen MR) is 140 cm³/mol. The molecule has 0 atom stereocenters. The second-order valence-electron chi connectivity index (χ2n) is 8.27. The molecule has 1 N–H and O–H groups in total. The third kappa shape index (κ3) is 5.35. The van der Waals surface area contributed by atoms with Crippen LogP contribution in [-0.4, -0.2) is 22.3 Å². The number of thioether (sulfide) groups is 1. The molecule has 1 aliphatic heterocycles. The number of unbranched alkanes of at least 4 members (excludes halogenated alkanes) is 1. The smallest absolute Gasteiger partial charge is 0.256 e. The lowest BCUT2D eigenvalue weighted by Gasteiger charge is -2.12. The van der Waals surface area contributed by atoms with Crippen molar-refractivity contribution in [1.82, 2.24) is 9.78 Å². The number of carbonyl (C=O) groups is 1. The standard InChI is InChI=1S/C28H27N3O3S/c1-2-3-17-33-22-13-9-20(10-14-22)28(32)29-27-25-18-35-19-26(25)30-31(27)21-11-15-24(16-12-21)34-23-7-5-4-6-8-23/h4-16H,2-3,17-19H2,1H3,(H,29,32). The summed E-state index contributed by atoms with van der Waals surface area (Å²) in [6.45, 7) is 2.81. The third-order valence-electron chi connectivity index (χ3n) is 5.73. The van der Waals surface area contributed by atoms with Crippen LogP contribution in [0.15, 0.2) is 78.9 Å². The summed E-state index contributed by atoms with van der Waals surface area (Å²) in [6.07, 6.45) is 2.09. The number of para-hydroxylation sites is 1. The number of amides is 1. The topological polar surface area (TPSA) is 65.4 Å². The van der Waals surface area contributed by atoms with Gasteiger partial charge in [0.05, 0.1) is 18.0 Å². The third-order valence-corrected chi connectivity index (χ3v) is 6.70. The maximum Gasteiger partial charge on any atom is 0.256 e. The zero-order valence-electron chi connectivity index (χ0n) is 19.6. The highest BCUT2D eigenvalue weighted by Crippen LogP contribution is 2.36. The van der Waals surface area contributed by atoms with E-state index in [2.05, 4.69) is 12.2 Å². The van der Waals surface area contributed by atoms with Gasteiger partial charge in [0.1, 0.15) is 23.1 Å². The number of fused-ring (bicyclic) bond motifs is 1. The van der Waals surface area contributed by atoms with Crippen molar-refractivity contribution in [1.29, 1.82) is 0 Å². The van der Waals surface area contributed by atoms with Gasteiger partial charge in [0.2, 0.25) is 0 Å². The van der Waals surface area contributed by atoms with Gasteiger partial charge in [-0.3, -0.25) is 4.79 Å². The zero-order valence-corrected chi connectivity index (χ0v) is 20.4. The van der Waals surface area contributed by atoms with Crippen LogP contribution in [0, 0.1) is 0 Å². The molecule has 4 aromatic rings. The molecule has 1 aromatic heterocycles. The van der Waals surface area contributed by atoms with E-state index in [1.807, 2.05) is 71.4 Å². The van der Waals surface area contributed by atoms with Crippen LogP contribution >= 0.6 is 11.8 Å². The number of anilines is 1. The molecule has 1 aliphatic rings. The van der Waals surface area contributed by atoms with Crippen molar-refractivity contribution in [2.24, 2.45) is 0 Å². The van der Waals surface area contributed by atoms with E-state index in [1.165, 1.54) is 0 Å². The molecular formula is C28H27N3O3S. The van der Waals surface area contributed by atoms with Gasteiger partial charge in [0.15, 0.2) is 0 Å². The Hall–Kier alpha value is -3.71. The van der Waals surface area contributed by atoms with Gasteiger partial charge in [0, 0.05) is 22.6 Å². The van der Waals surface area contributed by atoms with Crippen molar-refractivity contribution in [2.45, 2.75) is 31.3 Å². The molecule has 0 spiro atoms. The van der Waals surface area contributed by atoms with Gasteiger partial charge in [-0.1, -0.05) is 31.5 Å². The number of nitrogens with one attached hydrogen (secondary N) is 1. The van der Waals surface area contributed by atoms with Crippen LogP contribution in [-0.2, 0) is 11.5 Å². The van der Waals surface area contributed by atoms with E-state index in [0.29, 0.717) is 12.2 Å². The van der Waals surface area contributed by atoms with Crippen LogP contribution in [0.25, 0.3) is 5.69 Å². The Bertz CT molecular complexity index is 1290. The van der Waals surface area contributed by atoms with E-state index in [-0.39, 0.29) is 5.91 Å². The lowest BCUT2D eigenvalue weighted by molar-refractivity contribution is 0.102. The number of benzene rings is 3. The van der Waals surface area contributed by atoms with Crippen molar-refractivity contribution in [3.8, 4) is 22.9 Å². The normalized spacial score (nSPS) is 12.3. The number of hydrogen-bond donors (Lipinski definition) is 1. The van der Waals surface area contributed by atoms with Crippen LogP contribution in [0.2, 0.25) is 0 Å². The summed E-state index contributed by atoms with van der Waals surface area (Å²) >= 11 is 1.80. The fourth-order valence-electron chi connectivity index (χ4n) is 3.82. The van der Waals surface area contributed by atoms with Crippen molar-refractivity contribution in [3.05, 3.63) is 95.7 Å². The Balaban J connectivity index is 1.34. The highest BCUT2D eigenvalue weighted by molar-refractivity contribution is 7.98. The van der Waals surface area contributed by atoms with E-state index in [4.69, 9.17) is 14.6 Å². The van der Waals surface area contributed by atoms with Crippen LogP contribution in [0.3, 0.4) is 0 Å². The molecule has 7 heteroatoms. The lowest BCUT2D eigenvalue weighted by Crippen LogP contribution is -2.16. The molecule has 0 saturated heterocycles. The van der Waals surface area contributed by atoms with E-state index in [1.54, 1.807) is 23.9 Å². The minimum Gasteiger partial charge on any atom is -0.494 e. The average Bonchev–Trinajstić information content (AvgIpc) is 3.48. The first-order valence-electron chi connectivity index (χ1n) is 11.8. The van der Waals surface area contributed by atoms with Crippen LogP contribution in [0.1, 0.15) is 41.4 Å². The Kier molecular flexibility index (Phi) is 7.04. The number of hydrogen-bond acceptors (Lipinski definition) is 5. The lowest BCUT2D eigenvalue weighted by atomic mass is 10.2. The molecule has 0 radical (unpaired) electrons. The first-order valence-corrected chi connectivity index (χ1v) is 12.9. The van der Waals surface area contributed by atoms with E-state index < -0.39 is 0 Å². The van der Waals surface area contributed by atoms with E-state index in [0.717, 1.165) is 64.4 Å². The molecule has 0 fully saturated rings. The Morgan fingerprint density at radius 1 is 0.943 bits per heavy atom. The number of aromatic nitrogens is 2. The van der Waals surface area contributed by atoms with Gasteiger partial charge < -0.3 is 14.8 Å². The first kappa shape index (κ1) is 23.1. The minimum atomic E-state index is -0.171. The largest absolute Gasteiger partial charge is 0.494 e. The van der Waals surface area contributed by atoms with Gasteiger partial charge >= 0.3 is 0 Å². The summed E-state index contributed by atoms with van der Waals surface area (Å²) in [5.41, 5.74) is 3.52. The van der Waals surface area contributed by atoms with Gasteiger partial charge in [-0.15, -0.1) is 0 Å². The van der Waals surface area contributed by atoms with Crippen molar-refractivity contribution in [3.63, 3.8) is 0 Å². The maximum absolute atomic E-state index is 13.1. The van der Waals surface area contributed by atoms with E-state index >= 15 is 0 Å². The molecule has 178 valence electrons. The zero-order chi connectivity index (χ0) is 24.0. The van der Waals surface area contributed by atoms with Gasteiger partial charge in [-0.05, 0) is 67.1 Å². The van der Waals surface area contributed by atoms with Crippen molar-refractivity contribution in [2.75, 3.05) is 11.9 Å². The van der Waals surface area contributed by atoms with E-state index in [9.17, 15) is 4.79 Å². The van der Waals surface area contributed by atoms with Crippen molar-refractivity contribution < 1.29 is 14.3 Å². The fourth-order valence-corrected chi connectivity index (χ4v) is 4.86. The highest BCUT2D eigenvalue weighted by atomic mass is 32.2. The summed E-state index contributed by atoms with van der Waals surface area (Å²) in [4.78, 5) is 13.1. The first-order chi connectivity index (χ1) is 17.2. The maximum atomic E-state index is 13.1. The molecule has 2 heterocycles. The van der Waals surface area contributed by atoms with Gasteiger partial charge in [-0.2, -0.15) is 16.9 Å². The number of rotatable bonds is 9. The molecule has 3 aromatic carbocycles. The summed E-state index contributed by atoms with van der Waals surface area (Å²) in [5.74, 6) is 4.50. The average molecular weight is 486 g/mol. The second-order valence-corrected chi connectivity index (χ2v) is 9.25. The van der Waals surface area contributed by atoms with Crippen LogP contribution < -0.4 is 14.8 Å². The molecule has 0 bridgehead atoms. The molecule has 0 saturated carbocycles. The van der Waals surface area contributed by atoms with Gasteiger partial charge in [0.25, 0.3) is 5.91 Å². The fraction of sp³-hybridized carbons (Fsp3) is 0.214. The monoisotopic (exact) mass is 485 g/mol. The van der Waals surface area contributed by atoms with Crippen LogP contribution in [0.5, 0.6) is 17.2 Å². The number of ether oxygens (including phenoxy) is 2. The second kappa shape index (κ2) is 10.7. The Morgan fingerprint density at radius 3 is 2.40 bits per heavy atom. The molecule has 0 aliphatic carbocycles. The summed E-state index contributed by atoms with van der Waals surface area (Å²) < 4.78 is 13.4. The summed E-state index contributed by atoms with van der Waals surface area (Å²) in [7, 11) is 0. The summed E-state index contributed by atoms with van der Waals surface area (Å²) in [5, 5.41) is 7.91. The highest BCUT2D eigenvalue weighted by Gasteiger charge is 2.25. The molecule has 6 nitrogen and oxygen atoms in total. The molecular weight excluding hydrogens is 458 g/mol. The molecule has 35 heavy (non-hydrogen) atoms. The summed E-state index contributed by atoms with van der Waals surface area (Å²) in [6, 6.07) is 24.7.